The molecule has 0 fully saturated rings. The molecule has 1 radical (unpaired) electrons. The second-order valence-electron chi connectivity index (χ2n) is 1.84. The summed E-state index contributed by atoms with van der Waals surface area (Å²) in [4.78, 5) is 9.33. The molecule has 0 spiro atoms. The highest BCUT2D eigenvalue weighted by atomic mass is 17.2. The molecule has 0 saturated heterocycles. The van der Waals surface area contributed by atoms with Gasteiger partial charge in [0.15, 0.2) is 12.4 Å². The van der Waals surface area contributed by atoms with Crippen molar-refractivity contribution >= 4 is 0 Å². The lowest BCUT2D eigenvalue weighted by atomic mass is 10.2. The summed E-state index contributed by atoms with van der Waals surface area (Å²) in [6.45, 7) is 1.58. The maximum atomic E-state index is 4.74. The molecule has 0 aromatic heterocycles. The van der Waals surface area contributed by atoms with E-state index in [1.807, 2.05) is 24.3 Å². The molecular formula is C7H5O2. The Balaban J connectivity index is 2.54. The molecule has 9 heavy (non-hydrogen) atoms. The van der Waals surface area contributed by atoms with E-state index < -0.39 is 0 Å². The van der Waals surface area contributed by atoms with Gasteiger partial charge in [-0.05, 0) is 6.07 Å². The van der Waals surface area contributed by atoms with Crippen molar-refractivity contribution in [1.29, 1.82) is 0 Å². The third-order valence-corrected chi connectivity index (χ3v) is 1.23. The van der Waals surface area contributed by atoms with Gasteiger partial charge < -0.3 is 4.89 Å². The van der Waals surface area contributed by atoms with Crippen molar-refractivity contribution in [1.82, 2.24) is 0 Å². The van der Waals surface area contributed by atoms with E-state index in [1.165, 1.54) is 0 Å². The first-order valence-corrected chi connectivity index (χ1v) is 2.72. The van der Waals surface area contributed by atoms with E-state index in [1.54, 1.807) is 6.61 Å². The van der Waals surface area contributed by atoms with Gasteiger partial charge in [-0.15, -0.1) is 0 Å². The van der Waals surface area contributed by atoms with E-state index in [2.05, 4.69) is 4.89 Å². The molecular weight excluding hydrogens is 116 g/mol. The fourth-order valence-electron chi connectivity index (χ4n) is 0.782. The minimum Gasteiger partial charge on any atom is -0.336 e. The Kier molecular flexibility index (Phi) is 0.932. The second kappa shape index (κ2) is 1.74. The van der Waals surface area contributed by atoms with Crippen molar-refractivity contribution in [3.63, 3.8) is 0 Å². The van der Waals surface area contributed by atoms with E-state index >= 15 is 0 Å². The van der Waals surface area contributed by atoms with Gasteiger partial charge in [0.1, 0.15) is 0 Å². The Hall–Kier alpha value is -1.02. The molecule has 0 bridgehead atoms. The summed E-state index contributed by atoms with van der Waals surface area (Å²) < 4.78 is 0. The van der Waals surface area contributed by atoms with E-state index in [0.717, 1.165) is 11.3 Å². The summed E-state index contributed by atoms with van der Waals surface area (Å²) in [5.74, 6) is 0.789. The van der Waals surface area contributed by atoms with Crippen molar-refractivity contribution in [2.24, 2.45) is 0 Å². The van der Waals surface area contributed by atoms with Crippen LogP contribution in [-0.4, -0.2) is 0 Å². The molecule has 45 valence electrons. The van der Waals surface area contributed by atoms with Gasteiger partial charge in [0.05, 0.1) is 0 Å². The largest absolute Gasteiger partial charge is 0.336 e. The summed E-state index contributed by atoms with van der Waals surface area (Å²) >= 11 is 0. The third-order valence-electron chi connectivity index (χ3n) is 1.23. The van der Waals surface area contributed by atoms with Gasteiger partial charge in [-0.1, -0.05) is 18.2 Å². The minimum atomic E-state index is 0.789. The molecule has 1 aromatic carbocycles. The molecule has 0 unspecified atom stereocenters. The Bertz CT molecular complexity index is 197. The number of hydrogen-bond acceptors (Lipinski definition) is 2. The van der Waals surface area contributed by atoms with Gasteiger partial charge in [-0.25, -0.2) is 0 Å². The monoisotopic (exact) mass is 121 g/mol. The molecule has 0 aliphatic carbocycles. The molecule has 2 nitrogen and oxygen atoms in total. The van der Waals surface area contributed by atoms with E-state index in [-0.39, 0.29) is 0 Å². The van der Waals surface area contributed by atoms with Gasteiger partial charge in [-0.3, -0.25) is 0 Å². The lowest BCUT2D eigenvalue weighted by molar-refractivity contribution is -0.149. The summed E-state index contributed by atoms with van der Waals surface area (Å²) in [7, 11) is 0. The molecule has 1 aromatic rings. The highest BCUT2D eigenvalue weighted by Gasteiger charge is 2.11. The molecule has 0 amide bonds. The lowest BCUT2D eigenvalue weighted by Gasteiger charge is -1.89. The molecule has 0 atom stereocenters. The van der Waals surface area contributed by atoms with Crippen LogP contribution in [0.15, 0.2) is 24.3 Å². The number of benzene rings is 1. The molecule has 2 rings (SSSR count). The standard InChI is InChI=1S/C7H5O2/c1-2-4-7-6(3-1)5-8-9-7/h1-5H. The normalized spacial score (nSPS) is 14.7. The zero-order valence-electron chi connectivity index (χ0n) is 4.70. The van der Waals surface area contributed by atoms with Crippen molar-refractivity contribution in [3.05, 3.63) is 36.4 Å². The number of rotatable bonds is 0. The van der Waals surface area contributed by atoms with Gasteiger partial charge >= 0.3 is 0 Å². The van der Waals surface area contributed by atoms with Crippen LogP contribution in [0.5, 0.6) is 5.75 Å². The van der Waals surface area contributed by atoms with Gasteiger partial charge in [0.2, 0.25) is 0 Å². The van der Waals surface area contributed by atoms with Crippen molar-refractivity contribution in [2.75, 3.05) is 0 Å². The average Bonchev–Trinajstić information content (AvgIpc) is 2.33. The number of para-hydroxylation sites is 1. The fourth-order valence-corrected chi connectivity index (χ4v) is 0.782. The minimum absolute atomic E-state index is 0.789. The number of hydrogen-bond donors (Lipinski definition) is 0. The SMILES string of the molecule is [CH]1OOc2ccccc21. The Morgan fingerprint density at radius 3 is 2.89 bits per heavy atom. The van der Waals surface area contributed by atoms with Gasteiger partial charge in [0.25, 0.3) is 0 Å². The Morgan fingerprint density at radius 1 is 1.11 bits per heavy atom. The predicted molar refractivity (Wildman–Crippen MR) is 31.6 cm³/mol. The quantitative estimate of drug-likeness (QED) is 0.484. The topological polar surface area (TPSA) is 18.5 Å². The van der Waals surface area contributed by atoms with E-state index in [4.69, 9.17) is 4.89 Å². The third kappa shape index (κ3) is 0.678. The van der Waals surface area contributed by atoms with Crippen molar-refractivity contribution in [2.45, 2.75) is 0 Å². The molecule has 0 saturated carbocycles. The van der Waals surface area contributed by atoms with Crippen molar-refractivity contribution in [3.8, 4) is 5.75 Å². The maximum Gasteiger partial charge on any atom is 0.171 e. The maximum absolute atomic E-state index is 4.74. The molecule has 1 heterocycles. The van der Waals surface area contributed by atoms with Crippen LogP contribution in [0.1, 0.15) is 5.56 Å². The van der Waals surface area contributed by atoms with E-state index in [9.17, 15) is 0 Å². The second-order valence-corrected chi connectivity index (χ2v) is 1.84. The number of fused-ring (bicyclic) bond motifs is 1. The first-order chi connectivity index (χ1) is 4.47. The Labute approximate surface area is 52.9 Å². The van der Waals surface area contributed by atoms with Crippen LogP contribution in [0.25, 0.3) is 0 Å². The molecule has 2 heteroatoms. The first-order valence-electron chi connectivity index (χ1n) is 2.72. The first kappa shape index (κ1) is 4.82. The Morgan fingerprint density at radius 2 is 2.00 bits per heavy atom. The zero-order chi connectivity index (χ0) is 6.10. The van der Waals surface area contributed by atoms with E-state index in [0.29, 0.717) is 0 Å². The zero-order valence-corrected chi connectivity index (χ0v) is 4.70. The van der Waals surface area contributed by atoms with Gasteiger partial charge in [-0.2, -0.15) is 4.89 Å². The van der Waals surface area contributed by atoms with Crippen LogP contribution in [0, 0.1) is 6.61 Å². The smallest absolute Gasteiger partial charge is 0.171 e. The molecule has 0 N–H and O–H groups in total. The van der Waals surface area contributed by atoms with Gasteiger partial charge in [0, 0.05) is 5.56 Å². The summed E-state index contributed by atoms with van der Waals surface area (Å²) in [5.41, 5.74) is 0.998. The summed E-state index contributed by atoms with van der Waals surface area (Å²) in [5, 5.41) is 0. The van der Waals surface area contributed by atoms with Crippen LogP contribution >= 0.6 is 0 Å². The fraction of sp³-hybridized carbons (Fsp3) is 0. The lowest BCUT2D eigenvalue weighted by Crippen LogP contribution is -1.79. The molecule has 1 aliphatic rings. The summed E-state index contributed by atoms with van der Waals surface area (Å²) in [6.07, 6.45) is 0. The van der Waals surface area contributed by atoms with Crippen LogP contribution in [0.4, 0.5) is 0 Å². The average molecular weight is 121 g/mol. The van der Waals surface area contributed by atoms with Crippen LogP contribution in [-0.2, 0) is 4.89 Å². The van der Waals surface area contributed by atoms with Crippen LogP contribution in [0.2, 0.25) is 0 Å². The highest BCUT2D eigenvalue weighted by Crippen LogP contribution is 2.25. The van der Waals surface area contributed by atoms with Crippen molar-refractivity contribution < 1.29 is 9.78 Å². The van der Waals surface area contributed by atoms with Crippen LogP contribution in [0.3, 0.4) is 0 Å². The molecule has 1 aliphatic heterocycles. The van der Waals surface area contributed by atoms with Crippen LogP contribution < -0.4 is 4.89 Å². The predicted octanol–water partition coefficient (Wildman–Crippen LogP) is 1.52. The summed E-state index contributed by atoms with van der Waals surface area (Å²) in [6, 6.07) is 7.63. The highest BCUT2D eigenvalue weighted by molar-refractivity contribution is 5.38.